The average molecular weight is 357 g/mol. The molecule has 0 aliphatic heterocycles. The van der Waals surface area contributed by atoms with Crippen LogP contribution in [0.2, 0.25) is 0 Å². The Morgan fingerprint density at radius 1 is 1.19 bits per heavy atom. The topological polar surface area (TPSA) is 55.7 Å². The number of oxime groups is 1. The first-order chi connectivity index (χ1) is 12.3. The minimum atomic E-state index is -0.150. The van der Waals surface area contributed by atoms with E-state index in [2.05, 4.69) is 19.0 Å². The third-order valence-corrected chi connectivity index (χ3v) is 8.56. The van der Waals surface area contributed by atoms with Crippen LogP contribution in [-0.4, -0.2) is 24.4 Å². The fraction of sp³-hybridized carbons (Fsp3) is 0.773. The van der Waals surface area contributed by atoms with Crippen LogP contribution in [-0.2, 0) is 14.4 Å². The number of carbonyl (C=O) groups excluding carboxylic acids is 2. The molecule has 6 atom stereocenters. The maximum absolute atomic E-state index is 12.2. The van der Waals surface area contributed by atoms with Gasteiger partial charge in [-0.05, 0) is 74.7 Å². The molecule has 142 valence electrons. The van der Waals surface area contributed by atoms with E-state index >= 15 is 0 Å². The van der Waals surface area contributed by atoms with Gasteiger partial charge in [0.1, 0.15) is 12.9 Å². The fourth-order valence-electron chi connectivity index (χ4n) is 7.35. The molecule has 0 radical (unpaired) electrons. The zero-order chi connectivity index (χ0) is 18.7. The molecule has 4 nitrogen and oxygen atoms in total. The minimum absolute atomic E-state index is 0.150. The molecule has 0 aromatic heterocycles. The van der Waals surface area contributed by atoms with Gasteiger partial charge in [-0.3, -0.25) is 9.59 Å². The summed E-state index contributed by atoms with van der Waals surface area (Å²) in [5.74, 6) is 2.52. The summed E-state index contributed by atoms with van der Waals surface area (Å²) < 4.78 is 0. The molecule has 4 aliphatic rings. The van der Waals surface area contributed by atoms with Gasteiger partial charge in [0, 0.05) is 11.3 Å². The highest BCUT2D eigenvalue weighted by atomic mass is 16.6. The standard InChI is InChI=1S/C22H31NO3/c1-13(24)17-7-8-18-16-6-5-14-11-15(25)12-20(23-26-4)22(14,3)19(16)9-10-21(17,18)2/h11,16-19H,5-10,12H2,1-4H3/b23-20+/t16-,17+,18-,19-,21+,22-/m0/s1. The SMILES string of the molecule is CO/N=C1\CC(=O)C=C2CC[C@H]3[C@@H]4CC[C@H](C(C)=O)[C@@]4(C)CC[C@@H]3[C@]21C. The van der Waals surface area contributed by atoms with E-state index in [1.54, 1.807) is 14.0 Å². The molecule has 0 spiro atoms. The lowest BCUT2D eigenvalue weighted by Gasteiger charge is -2.57. The molecule has 4 rings (SSSR count). The number of Topliss-reactive ketones (excluding diaryl/α,β-unsaturated/α-hetero) is 1. The molecule has 3 saturated carbocycles. The van der Waals surface area contributed by atoms with E-state index in [1.165, 1.54) is 12.0 Å². The van der Waals surface area contributed by atoms with Crippen molar-refractivity contribution >= 4 is 17.3 Å². The zero-order valence-corrected chi connectivity index (χ0v) is 16.5. The van der Waals surface area contributed by atoms with Crippen LogP contribution < -0.4 is 0 Å². The maximum Gasteiger partial charge on any atom is 0.161 e. The number of rotatable bonds is 2. The summed E-state index contributed by atoms with van der Waals surface area (Å²) in [6.45, 7) is 6.44. The summed E-state index contributed by atoms with van der Waals surface area (Å²) in [7, 11) is 1.57. The second-order valence-electron chi connectivity index (χ2n) is 9.44. The zero-order valence-electron chi connectivity index (χ0n) is 16.5. The van der Waals surface area contributed by atoms with Crippen molar-refractivity contribution in [1.82, 2.24) is 0 Å². The van der Waals surface area contributed by atoms with E-state index in [-0.39, 0.29) is 22.5 Å². The van der Waals surface area contributed by atoms with E-state index in [0.29, 0.717) is 30.0 Å². The second kappa shape index (κ2) is 6.03. The summed E-state index contributed by atoms with van der Waals surface area (Å²) >= 11 is 0. The molecular formula is C22H31NO3. The van der Waals surface area contributed by atoms with E-state index < -0.39 is 0 Å². The molecular weight excluding hydrogens is 326 g/mol. The summed E-state index contributed by atoms with van der Waals surface area (Å²) in [5.41, 5.74) is 2.19. The van der Waals surface area contributed by atoms with E-state index in [1.807, 2.05) is 6.08 Å². The first-order valence-corrected chi connectivity index (χ1v) is 10.2. The van der Waals surface area contributed by atoms with Gasteiger partial charge in [0.2, 0.25) is 0 Å². The second-order valence-corrected chi connectivity index (χ2v) is 9.44. The van der Waals surface area contributed by atoms with Crippen LogP contribution >= 0.6 is 0 Å². The van der Waals surface area contributed by atoms with Crippen molar-refractivity contribution < 1.29 is 14.4 Å². The Kier molecular flexibility index (Phi) is 4.16. The van der Waals surface area contributed by atoms with Crippen molar-refractivity contribution in [3.8, 4) is 0 Å². The van der Waals surface area contributed by atoms with Gasteiger partial charge >= 0.3 is 0 Å². The molecule has 0 amide bonds. The highest BCUT2D eigenvalue weighted by Gasteiger charge is 2.61. The molecule has 4 aliphatic carbocycles. The van der Waals surface area contributed by atoms with Crippen molar-refractivity contribution in [2.45, 2.75) is 65.7 Å². The van der Waals surface area contributed by atoms with Crippen LogP contribution in [0, 0.1) is 34.5 Å². The largest absolute Gasteiger partial charge is 0.399 e. The third-order valence-electron chi connectivity index (χ3n) is 8.56. The Labute approximate surface area is 156 Å². The lowest BCUT2D eigenvalue weighted by molar-refractivity contribution is -0.127. The molecule has 0 heterocycles. The van der Waals surface area contributed by atoms with Gasteiger partial charge in [-0.25, -0.2) is 0 Å². The van der Waals surface area contributed by atoms with Gasteiger partial charge in [-0.2, -0.15) is 0 Å². The van der Waals surface area contributed by atoms with Crippen LogP contribution in [0.4, 0.5) is 0 Å². The average Bonchev–Trinajstić information content (AvgIpc) is 2.94. The van der Waals surface area contributed by atoms with Crippen LogP contribution in [0.5, 0.6) is 0 Å². The highest BCUT2D eigenvalue weighted by Crippen LogP contribution is 2.66. The van der Waals surface area contributed by atoms with Crippen LogP contribution in [0.1, 0.15) is 65.7 Å². The Bertz CT molecular complexity index is 708. The van der Waals surface area contributed by atoms with Crippen molar-refractivity contribution in [2.75, 3.05) is 7.11 Å². The van der Waals surface area contributed by atoms with Crippen molar-refractivity contribution in [2.24, 2.45) is 39.7 Å². The number of hydrogen-bond acceptors (Lipinski definition) is 4. The molecule has 0 bridgehead atoms. The van der Waals surface area contributed by atoms with E-state index in [9.17, 15) is 9.59 Å². The number of fused-ring (bicyclic) bond motifs is 5. The Hall–Kier alpha value is -1.45. The summed E-state index contributed by atoms with van der Waals surface area (Å²) in [4.78, 5) is 29.6. The van der Waals surface area contributed by atoms with Gasteiger partial charge in [0.15, 0.2) is 5.78 Å². The molecule has 4 heteroatoms. The monoisotopic (exact) mass is 357 g/mol. The Morgan fingerprint density at radius 3 is 2.65 bits per heavy atom. The molecule has 26 heavy (non-hydrogen) atoms. The summed E-state index contributed by atoms with van der Waals surface area (Å²) in [6, 6.07) is 0. The van der Waals surface area contributed by atoms with Gasteiger partial charge in [0.25, 0.3) is 0 Å². The number of allylic oxidation sites excluding steroid dienone is 1. The number of hydrogen-bond donors (Lipinski definition) is 0. The number of ketones is 2. The third kappa shape index (κ3) is 2.30. The van der Waals surface area contributed by atoms with Crippen LogP contribution in [0.15, 0.2) is 16.8 Å². The van der Waals surface area contributed by atoms with Crippen molar-refractivity contribution in [3.63, 3.8) is 0 Å². The molecule has 0 N–H and O–H groups in total. The maximum atomic E-state index is 12.2. The normalized spacial score (nSPS) is 46.2. The van der Waals surface area contributed by atoms with Gasteiger partial charge in [-0.15, -0.1) is 0 Å². The lowest BCUT2D eigenvalue weighted by Crippen LogP contribution is -2.54. The van der Waals surface area contributed by atoms with Crippen molar-refractivity contribution in [1.29, 1.82) is 0 Å². The lowest BCUT2D eigenvalue weighted by atomic mass is 9.46. The van der Waals surface area contributed by atoms with Crippen LogP contribution in [0.3, 0.4) is 0 Å². The van der Waals surface area contributed by atoms with Crippen molar-refractivity contribution in [3.05, 3.63) is 11.6 Å². The summed E-state index contributed by atoms with van der Waals surface area (Å²) in [5, 5.41) is 4.33. The number of nitrogens with zero attached hydrogens (tertiary/aromatic N) is 1. The predicted octanol–water partition coefficient (Wildman–Crippen LogP) is 4.34. The van der Waals surface area contributed by atoms with Crippen LogP contribution in [0.25, 0.3) is 0 Å². The Balaban J connectivity index is 1.73. The Morgan fingerprint density at radius 2 is 1.96 bits per heavy atom. The first-order valence-electron chi connectivity index (χ1n) is 10.2. The molecule has 0 aromatic carbocycles. The fourth-order valence-corrected chi connectivity index (χ4v) is 7.35. The van der Waals surface area contributed by atoms with Gasteiger partial charge in [-0.1, -0.05) is 24.6 Å². The number of carbonyl (C=O) groups is 2. The molecule has 0 saturated heterocycles. The minimum Gasteiger partial charge on any atom is -0.399 e. The molecule has 0 aromatic rings. The first kappa shape index (κ1) is 17.9. The quantitative estimate of drug-likeness (QED) is 0.691. The predicted molar refractivity (Wildman–Crippen MR) is 101 cm³/mol. The van der Waals surface area contributed by atoms with E-state index in [4.69, 9.17) is 4.84 Å². The smallest absolute Gasteiger partial charge is 0.161 e. The van der Waals surface area contributed by atoms with E-state index in [0.717, 1.165) is 37.8 Å². The molecule has 0 unspecified atom stereocenters. The molecule has 3 fully saturated rings. The van der Waals surface area contributed by atoms with Gasteiger partial charge in [0.05, 0.1) is 12.1 Å². The highest BCUT2D eigenvalue weighted by molar-refractivity contribution is 6.13. The van der Waals surface area contributed by atoms with Gasteiger partial charge < -0.3 is 4.84 Å². The summed E-state index contributed by atoms with van der Waals surface area (Å²) in [6.07, 6.45) is 8.85.